The minimum atomic E-state index is -2.72. The second kappa shape index (κ2) is 6.42. The van der Waals surface area contributed by atoms with Crippen LogP contribution in [-0.4, -0.2) is 34.0 Å². The van der Waals surface area contributed by atoms with Crippen LogP contribution in [0.2, 0.25) is 0 Å². The molecule has 17 heavy (non-hydrogen) atoms. The van der Waals surface area contributed by atoms with Crippen molar-refractivity contribution in [2.75, 3.05) is 6.54 Å². The lowest BCUT2D eigenvalue weighted by molar-refractivity contribution is -0.00348. The Morgan fingerprint density at radius 3 is 2.71 bits per heavy atom. The Bertz CT molecular complexity index is 371. The lowest BCUT2D eigenvalue weighted by atomic mass is 10.3. The molecule has 1 atom stereocenters. The fourth-order valence-corrected chi connectivity index (χ4v) is 1.89. The van der Waals surface area contributed by atoms with Crippen LogP contribution < -0.4 is 5.32 Å². The average Bonchev–Trinajstić information content (AvgIpc) is 2.56. The van der Waals surface area contributed by atoms with Crippen LogP contribution in [0.1, 0.15) is 18.3 Å². The van der Waals surface area contributed by atoms with Gasteiger partial charge < -0.3 is 10.4 Å². The molecule has 4 nitrogen and oxygen atoms in total. The summed E-state index contributed by atoms with van der Waals surface area (Å²) in [5.41, 5.74) is 1.75. The largest absolute Gasteiger partial charge is 0.386 e. The maximum absolute atomic E-state index is 12.1. The number of nitrogens with one attached hydrogen (secondary N) is 1. The second-order valence-electron chi connectivity index (χ2n) is 3.69. The van der Waals surface area contributed by atoms with Crippen LogP contribution in [-0.2, 0) is 13.1 Å². The molecule has 1 aromatic heterocycles. The molecule has 0 aliphatic carbocycles. The summed E-state index contributed by atoms with van der Waals surface area (Å²) in [7, 11) is 0. The van der Waals surface area contributed by atoms with Crippen molar-refractivity contribution < 1.29 is 13.9 Å². The average molecular weight is 312 g/mol. The van der Waals surface area contributed by atoms with Gasteiger partial charge in [-0.3, -0.25) is 4.68 Å². The highest BCUT2D eigenvalue weighted by molar-refractivity contribution is 9.10. The highest BCUT2D eigenvalue weighted by Gasteiger charge is 2.17. The van der Waals surface area contributed by atoms with Gasteiger partial charge in [-0.1, -0.05) is 0 Å². The Hall–Kier alpha value is -0.530. The van der Waals surface area contributed by atoms with Crippen molar-refractivity contribution in [2.24, 2.45) is 0 Å². The molecule has 0 aliphatic rings. The Morgan fingerprint density at radius 2 is 2.18 bits per heavy atom. The van der Waals surface area contributed by atoms with Crippen LogP contribution in [0.15, 0.2) is 4.47 Å². The smallest absolute Gasteiger partial charge is 0.265 e. The zero-order chi connectivity index (χ0) is 13.0. The van der Waals surface area contributed by atoms with Crippen LogP contribution in [0.5, 0.6) is 0 Å². The van der Waals surface area contributed by atoms with Gasteiger partial charge in [0.1, 0.15) is 6.10 Å². The van der Waals surface area contributed by atoms with Crippen molar-refractivity contribution in [3.8, 4) is 0 Å². The molecule has 1 heterocycles. The van der Waals surface area contributed by atoms with E-state index in [-0.39, 0.29) is 6.54 Å². The zero-order valence-corrected chi connectivity index (χ0v) is 11.3. The lowest BCUT2D eigenvalue weighted by Crippen LogP contribution is -2.32. The fraction of sp³-hybridized carbons (Fsp3) is 0.700. The fourth-order valence-electron chi connectivity index (χ4n) is 1.47. The molecule has 0 bridgehead atoms. The molecule has 1 rings (SSSR count). The number of aromatic nitrogens is 2. The highest BCUT2D eigenvalue weighted by Crippen LogP contribution is 2.20. The summed E-state index contributed by atoms with van der Waals surface area (Å²) >= 11 is 3.40. The molecule has 0 spiro atoms. The minimum Gasteiger partial charge on any atom is -0.386 e. The molecule has 1 unspecified atom stereocenters. The van der Waals surface area contributed by atoms with E-state index in [1.807, 2.05) is 13.8 Å². The van der Waals surface area contributed by atoms with E-state index in [9.17, 15) is 8.78 Å². The van der Waals surface area contributed by atoms with Gasteiger partial charge in [0.05, 0.1) is 15.9 Å². The minimum absolute atomic E-state index is 0.141. The highest BCUT2D eigenvalue weighted by atomic mass is 79.9. The first-order valence-electron chi connectivity index (χ1n) is 5.36. The first-order valence-corrected chi connectivity index (χ1v) is 6.15. The van der Waals surface area contributed by atoms with E-state index < -0.39 is 12.5 Å². The van der Waals surface area contributed by atoms with E-state index in [2.05, 4.69) is 26.3 Å². The third kappa shape index (κ3) is 3.72. The summed E-state index contributed by atoms with van der Waals surface area (Å²) in [5, 5.41) is 16.0. The summed E-state index contributed by atoms with van der Waals surface area (Å²) in [6.45, 7) is 4.78. The van der Waals surface area contributed by atoms with E-state index in [4.69, 9.17) is 5.11 Å². The van der Waals surface area contributed by atoms with E-state index in [1.54, 1.807) is 4.68 Å². The first kappa shape index (κ1) is 14.5. The van der Waals surface area contributed by atoms with Gasteiger partial charge in [0, 0.05) is 19.6 Å². The topological polar surface area (TPSA) is 50.1 Å². The SMILES string of the molecule is CCn1nc(C)c(Br)c1CNCC(O)C(F)F. The molecule has 0 saturated carbocycles. The van der Waals surface area contributed by atoms with Crippen LogP contribution in [0.25, 0.3) is 0 Å². The van der Waals surface area contributed by atoms with Gasteiger partial charge in [0.15, 0.2) is 0 Å². The number of aryl methyl sites for hydroxylation is 2. The predicted molar refractivity (Wildman–Crippen MR) is 64.1 cm³/mol. The Balaban J connectivity index is 2.57. The van der Waals surface area contributed by atoms with Crippen molar-refractivity contribution >= 4 is 15.9 Å². The summed E-state index contributed by atoms with van der Waals surface area (Å²) in [5.74, 6) is 0. The quantitative estimate of drug-likeness (QED) is 0.840. The van der Waals surface area contributed by atoms with Crippen LogP contribution in [0.3, 0.4) is 0 Å². The molecule has 0 radical (unpaired) electrons. The molecule has 1 aromatic rings. The predicted octanol–water partition coefficient (Wildman–Crippen LogP) is 1.69. The Kier molecular flexibility index (Phi) is 5.48. The number of aliphatic hydroxyl groups excluding tert-OH is 1. The molecular weight excluding hydrogens is 296 g/mol. The number of aliphatic hydroxyl groups is 1. The lowest BCUT2D eigenvalue weighted by Gasteiger charge is -2.11. The number of rotatable bonds is 6. The van der Waals surface area contributed by atoms with E-state index >= 15 is 0 Å². The molecular formula is C10H16BrF2N3O. The van der Waals surface area contributed by atoms with Crippen molar-refractivity contribution in [3.05, 3.63) is 15.9 Å². The summed E-state index contributed by atoms with van der Waals surface area (Å²) < 4.78 is 26.8. The number of hydrogen-bond donors (Lipinski definition) is 2. The van der Waals surface area contributed by atoms with Gasteiger partial charge in [-0.25, -0.2) is 8.78 Å². The standard InChI is InChI=1S/C10H16BrF2N3O/c1-3-16-7(9(11)6(2)15-16)4-14-5-8(17)10(12)13/h8,10,14,17H,3-5H2,1-2H3. The van der Waals surface area contributed by atoms with E-state index in [0.717, 1.165) is 15.9 Å². The third-order valence-electron chi connectivity index (χ3n) is 2.39. The molecule has 98 valence electrons. The maximum atomic E-state index is 12.1. The van der Waals surface area contributed by atoms with Crippen molar-refractivity contribution in [1.82, 2.24) is 15.1 Å². The maximum Gasteiger partial charge on any atom is 0.265 e. The van der Waals surface area contributed by atoms with Crippen LogP contribution >= 0.6 is 15.9 Å². The van der Waals surface area contributed by atoms with E-state index in [1.165, 1.54) is 0 Å². The molecule has 0 aromatic carbocycles. The van der Waals surface area contributed by atoms with Gasteiger partial charge >= 0.3 is 0 Å². The number of hydrogen-bond acceptors (Lipinski definition) is 3. The number of nitrogens with zero attached hydrogens (tertiary/aromatic N) is 2. The van der Waals surface area contributed by atoms with Crippen LogP contribution in [0.4, 0.5) is 8.78 Å². The number of alkyl halides is 2. The van der Waals surface area contributed by atoms with Gasteiger partial charge in [0.25, 0.3) is 6.43 Å². The van der Waals surface area contributed by atoms with Gasteiger partial charge in [-0.05, 0) is 29.8 Å². The number of halogens is 3. The normalized spacial score (nSPS) is 13.4. The van der Waals surface area contributed by atoms with Gasteiger partial charge in [-0.2, -0.15) is 5.10 Å². The second-order valence-corrected chi connectivity index (χ2v) is 4.49. The Morgan fingerprint density at radius 1 is 1.53 bits per heavy atom. The van der Waals surface area contributed by atoms with Crippen molar-refractivity contribution in [1.29, 1.82) is 0 Å². The molecule has 7 heteroatoms. The monoisotopic (exact) mass is 311 g/mol. The Labute approximate surface area is 107 Å². The van der Waals surface area contributed by atoms with Crippen LogP contribution in [0, 0.1) is 6.92 Å². The van der Waals surface area contributed by atoms with Gasteiger partial charge in [0.2, 0.25) is 0 Å². The third-order valence-corrected chi connectivity index (χ3v) is 3.42. The summed E-state index contributed by atoms with van der Waals surface area (Å²) in [6.07, 6.45) is -4.35. The molecule has 2 N–H and O–H groups in total. The molecule has 0 fully saturated rings. The van der Waals surface area contributed by atoms with Gasteiger partial charge in [-0.15, -0.1) is 0 Å². The van der Waals surface area contributed by atoms with Crippen molar-refractivity contribution in [3.63, 3.8) is 0 Å². The molecule has 0 aliphatic heterocycles. The molecule has 0 amide bonds. The van der Waals surface area contributed by atoms with E-state index in [0.29, 0.717) is 13.1 Å². The zero-order valence-electron chi connectivity index (χ0n) is 9.75. The first-order chi connectivity index (χ1) is 7.97. The molecule has 0 saturated heterocycles. The summed E-state index contributed by atoms with van der Waals surface area (Å²) in [4.78, 5) is 0. The van der Waals surface area contributed by atoms with Crippen molar-refractivity contribution in [2.45, 2.75) is 39.5 Å². The summed E-state index contributed by atoms with van der Waals surface area (Å²) in [6, 6.07) is 0.